The third-order valence-electron chi connectivity index (χ3n) is 6.88. The van der Waals surface area contributed by atoms with Crippen LogP contribution in [0, 0.1) is 83.1 Å². The molecule has 0 N–H and O–H groups in total. The smallest absolute Gasteiger partial charge is 0.125 e. The number of aromatic nitrogens is 5. The van der Waals surface area contributed by atoms with Crippen LogP contribution in [0.1, 0.15) is 67.4 Å². The van der Waals surface area contributed by atoms with Crippen molar-refractivity contribution < 1.29 is 0 Å². The van der Waals surface area contributed by atoms with E-state index in [2.05, 4.69) is 133 Å². The predicted octanol–water partition coefficient (Wildman–Crippen LogP) is 13.0. The van der Waals surface area contributed by atoms with Gasteiger partial charge in [0.15, 0.2) is 0 Å². The van der Waals surface area contributed by atoms with Gasteiger partial charge < -0.3 is 0 Å². The lowest BCUT2D eigenvalue weighted by molar-refractivity contribution is 0.941. The Morgan fingerprint density at radius 3 is 1.06 bits per heavy atom. The van der Waals surface area contributed by atoms with E-state index in [0.717, 1.165) is 39.1 Å². The van der Waals surface area contributed by atoms with Crippen molar-refractivity contribution in [1.82, 2.24) is 25.1 Å². The second-order valence-corrected chi connectivity index (χ2v) is 14.5. The summed E-state index contributed by atoms with van der Waals surface area (Å²) in [6, 6.07) is 26.7. The lowest BCUT2D eigenvalue weighted by Gasteiger charge is -1.96. The third kappa shape index (κ3) is 21.2. The van der Waals surface area contributed by atoms with E-state index < -0.39 is 0 Å². The van der Waals surface area contributed by atoms with Gasteiger partial charge in [0.25, 0.3) is 0 Å². The van der Waals surface area contributed by atoms with Crippen LogP contribution in [0.4, 0.5) is 0 Å². The van der Waals surface area contributed by atoms with Crippen molar-refractivity contribution in [2.75, 3.05) is 0 Å². The van der Waals surface area contributed by atoms with E-state index in [-0.39, 0.29) is 0 Å². The molecule has 0 spiro atoms. The van der Waals surface area contributed by atoms with E-state index in [0.29, 0.717) is 0 Å². The average Bonchev–Trinajstić information content (AvgIpc) is 3.08. The van der Waals surface area contributed by atoms with Crippen molar-refractivity contribution in [2.24, 2.45) is 0 Å². The van der Waals surface area contributed by atoms with Gasteiger partial charge in [-0.1, -0.05) is 85.9 Å². The number of pyridine rings is 1. The molecular formula is C43H52Br2ClN5. The first kappa shape index (κ1) is 45.2. The van der Waals surface area contributed by atoms with E-state index in [9.17, 15) is 0 Å². The van der Waals surface area contributed by atoms with Crippen molar-refractivity contribution >= 4 is 43.5 Å². The number of hydrogen-bond donors (Lipinski definition) is 0. The molecular weight excluding hydrogens is 782 g/mol. The molecule has 0 amide bonds. The zero-order chi connectivity index (χ0) is 38.5. The summed E-state index contributed by atoms with van der Waals surface area (Å²) in [7, 11) is 0. The Balaban J connectivity index is 0.000000306. The Morgan fingerprint density at radius 1 is 0.392 bits per heavy atom. The van der Waals surface area contributed by atoms with Crippen LogP contribution in [0.15, 0.2) is 106 Å². The van der Waals surface area contributed by atoms with Crippen LogP contribution in [0.25, 0.3) is 0 Å². The maximum absolute atomic E-state index is 5.81. The highest BCUT2D eigenvalue weighted by atomic mass is 79.9. The average molecular weight is 834 g/mol. The first-order valence-corrected chi connectivity index (χ1v) is 18.5. The highest BCUT2D eigenvalue weighted by molar-refractivity contribution is 9.10. The fourth-order valence-corrected chi connectivity index (χ4v) is 4.78. The molecule has 0 radical (unpaired) electrons. The SMILES string of the molecule is Cc1ccc(C)c(Br)c1.Cc1ccc(C)c(Br)c1.Cc1ccc(C)c(Cl)c1.Cc1ccc(C)nc1.Cc1ccc(C)nn1.Cc1cnc(C)nc1. The molecule has 5 nitrogen and oxygen atoms in total. The molecule has 0 bridgehead atoms. The van der Waals surface area contributed by atoms with Gasteiger partial charge >= 0.3 is 0 Å². The van der Waals surface area contributed by atoms with E-state index in [1.165, 1.54) is 42.3 Å². The van der Waals surface area contributed by atoms with Gasteiger partial charge in [-0.25, -0.2) is 9.97 Å². The fraction of sp³-hybridized carbons (Fsp3) is 0.279. The summed E-state index contributed by atoms with van der Waals surface area (Å²) in [5.41, 5.74) is 12.9. The standard InChI is InChI=1S/2C8H9Br.C8H9Cl.C7H9N.2C6H8N2/c3*1-6-3-4-7(2)8(9)5-6;1-6-3-4-7(2)8-5-6;1-5-3-7-6(2)8-4-5;1-5-3-4-6(2)8-7-5/h3*3-5H,1-2H3;3-5H,1-2H3;2*3-4H,1-2H3. The van der Waals surface area contributed by atoms with Crippen molar-refractivity contribution in [3.63, 3.8) is 0 Å². The van der Waals surface area contributed by atoms with Gasteiger partial charge in [0, 0.05) is 38.3 Å². The molecule has 0 aliphatic carbocycles. The highest BCUT2D eigenvalue weighted by Gasteiger charge is 1.93. The fourth-order valence-electron chi connectivity index (χ4n) is 3.56. The Hall–Kier alpha value is -3.78. The molecule has 0 aliphatic heterocycles. The summed E-state index contributed by atoms with van der Waals surface area (Å²) in [5.74, 6) is 0.829. The lowest BCUT2D eigenvalue weighted by Crippen LogP contribution is -1.86. The summed E-state index contributed by atoms with van der Waals surface area (Å²) in [4.78, 5) is 12.0. The predicted molar refractivity (Wildman–Crippen MR) is 225 cm³/mol. The molecule has 51 heavy (non-hydrogen) atoms. The van der Waals surface area contributed by atoms with Crippen LogP contribution in [-0.4, -0.2) is 25.1 Å². The summed E-state index contributed by atoms with van der Waals surface area (Å²) in [5, 5.41) is 8.51. The summed E-state index contributed by atoms with van der Waals surface area (Å²) in [6.45, 7) is 24.1. The topological polar surface area (TPSA) is 64.5 Å². The summed E-state index contributed by atoms with van der Waals surface area (Å²) in [6.07, 6.45) is 5.49. The Kier molecular flexibility index (Phi) is 21.7. The van der Waals surface area contributed by atoms with E-state index in [1.807, 2.05) is 104 Å². The summed E-state index contributed by atoms with van der Waals surface area (Å²) >= 11 is 12.7. The molecule has 3 aromatic carbocycles. The highest BCUT2D eigenvalue weighted by Crippen LogP contribution is 2.17. The monoisotopic (exact) mass is 831 g/mol. The zero-order valence-corrected chi connectivity index (χ0v) is 36.0. The van der Waals surface area contributed by atoms with Crippen LogP contribution in [0.3, 0.4) is 0 Å². The van der Waals surface area contributed by atoms with Crippen LogP contribution in [-0.2, 0) is 0 Å². The minimum atomic E-state index is 0.829. The van der Waals surface area contributed by atoms with Crippen LogP contribution < -0.4 is 0 Å². The van der Waals surface area contributed by atoms with E-state index >= 15 is 0 Å². The normalized spacial score (nSPS) is 9.47. The number of aryl methyl sites for hydroxylation is 12. The molecule has 8 heteroatoms. The van der Waals surface area contributed by atoms with Crippen molar-refractivity contribution in [2.45, 2.75) is 83.1 Å². The number of nitrogens with zero attached hydrogens (tertiary/aromatic N) is 5. The third-order valence-corrected chi connectivity index (χ3v) is 9.00. The molecule has 0 saturated carbocycles. The number of benzene rings is 3. The maximum Gasteiger partial charge on any atom is 0.125 e. The first-order valence-electron chi connectivity index (χ1n) is 16.6. The van der Waals surface area contributed by atoms with Crippen LogP contribution in [0.2, 0.25) is 5.02 Å². The minimum Gasteiger partial charge on any atom is -0.261 e. The number of rotatable bonds is 0. The minimum absolute atomic E-state index is 0.829. The first-order chi connectivity index (χ1) is 24.0. The van der Waals surface area contributed by atoms with Gasteiger partial charge in [-0.15, -0.1) is 0 Å². The molecule has 270 valence electrons. The van der Waals surface area contributed by atoms with Gasteiger partial charge in [0.05, 0.1) is 11.4 Å². The Morgan fingerprint density at radius 2 is 0.765 bits per heavy atom. The van der Waals surface area contributed by atoms with Gasteiger partial charge in [0.1, 0.15) is 5.82 Å². The number of halogens is 3. The molecule has 3 aromatic heterocycles. The second kappa shape index (κ2) is 24.4. The molecule has 0 aliphatic rings. The van der Waals surface area contributed by atoms with Crippen LogP contribution in [0.5, 0.6) is 0 Å². The maximum atomic E-state index is 5.81. The Bertz CT molecular complexity index is 1590. The van der Waals surface area contributed by atoms with Crippen molar-refractivity contribution in [3.05, 3.63) is 179 Å². The van der Waals surface area contributed by atoms with Crippen molar-refractivity contribution in [1.29, 1.82) is 0 Å². The Labute approximate surface area is 328 Å². The van der Waals surface area contributed by atoms with Gasteiger partial charge in [-0.05, 0) is 164 Å². The molecule has 0 saturated heterocycles. The second-order valence-electron chi connectivity index (χ2n) is 12.4. The van der Waals surface area contributed by atoms with Crippen molar-refractivity contribution in [3.8, 4) is 0 Å². The zero-order valence-electron chi connectivity index (χ0n) is 32.1. The molecule has 3 heterocycles. The van der Waals surface area contributed by atoms with Gasteiger partial charge in [-0.3, -0.25) is 4.98 Å². The lowest BCUT2D eigenvalue weighted by atomic mass is 10.2. The quantitative estimate of drug-likeness (QED) is 0.153. The van der Waals surface area contributed by atoms with Crippen LogP contribution >= 0.6 is 43.5 Å². The van der Waals surface area contributed by atoms with E-state index in [1.54, 1.807) is 0 Å². The summed E-state index contributed by atoms with van der Waals surface area (Å²) < 4.78 is 2.39. The molecule has 0 atom stereocenters. The number of hydrogen-bond acceptors (Lipinski definition) is 5. The largest absolute Gasteiger partial charge is 0.261 e. The van der Waals surface area contributed by atoms with E-state index in [4.69, 9.17) is 11.6 Å². The van der Waals surface area contributed by atoms with Gasteiger partial charge in [-0.2, -0.15) is 10.2 Å². The molecule has 6 aromatic rings. The van der Waals surface area contributed by atoms with Gasteiger partial charge in [0.2, 0.25) is 0 Å². The molecule has 0 fully saturated rings. The molecule has 0 unspecified atom stereocenters. The molecule has 6 rings (SSSR count).